The van der Waals surface area contributed by atoms with Crippen molar-refractivity contribution in [2.45, 2.75) is 52.1 Å². The topological polar surface area (TPSA) is 34.0 Å². The first-order chi connectivity index (χ1) is 9.83. The lowest BCUT2D eigenvalue weighted by Crippen LogP contribution is -2.33. The molecule has 4 nitrogen and oxygen atoms in total. The summed E-state index contributed by atoms with van der Waals surface area (Å²) in [5, 5.41) is 0. The molecule has 2 aromatic heterocycles. The maximum Gasteiger partial charge on any atom is 0.160 e. The molecule has 108 valence electrons. The van der Waals surface area contributed by atoms with E-state index in [0.717, 1.165) is 37.1 Å². The van der Waals surface area contributed by atoms with Crippen molar-refractivity contribution >= 4 is 11.2 Å². The number of likely N-dealkylation sites (N-methyl/N-ethyl adjacent to an activating group) is 1. The van der Waals surface area contributed by atoms with Gasteiger partial charge >= 0.3 is 0 Å². The standard InChI is InChI=1S/C16H24N4/c1-3-7-15-18-14-9-5-10-17-16(14)20(15)12-13-8-6-11-19(13)4-2/h5,9-10,13H,3-4,6-8,11-12H2,1-2H3. The lowest BCUT2D eigenvalue weighted by Gasteiger charge is -2.24. The number of likely N-dealkylation sites (tertiary alicyclic amines) is 1. The van der Waals surface area contributed by atoms with E-state index in [1.807, 2.05) is 12.3 Å². The molecule has 3 heterocycles. The Morgan fingerprint density at radius 2 is 2.25 bits per heavy atom. The third kappa shape index (κ3) is 2.44. The highest BCUT2D eigenvalue weighted by atomic mass is 15.2. The molecule has 0 aromatic carbocycles. The van der Waals surface area contributed by atoms with E-state index < -0.39 is 0 Å². The Balaban J connectivity index is 1.94. The number of rotatable bonds is 5. The molecule has 1 unspecified atom stereocenters. The third-order valence-corrected chi connectivity index (χ3v) is 4.36. The zero-order chi connectivity index (χ0) is 13.9. The largest absolute Gasteiger partial charge is 0.311 e. The maximum atomic E-state index is 4.78. The molecule has 1 saturated heterocycles. The van der Waals surface area contributed by atoms with Gasteiger partial charge in [-0.3, -0.25) is 4.90 Å². The van der Waals surface area contributed by atoms with Crippen LogP contribution in [0.15, 0.2) is 18.3 Å². The Labute approximate surface area is 120 Å². The molecule has 0 saturated carbocycles. The molecule has 0 spiro atoms. The molecule has 0 bridgehead atoms. The molecule has 20 heavy (non-hydrogen) atoms. The van der Waals surface area contributed by atoms with Crippen LogP contribution < -0.4 is 0 Å². The molecule has 1 fully saturated rings. The summed E-state index contributed by atoms with van der Waals surface area (Å²) in [7, 11) is 0. The fourth-order valence-corrected chi connectivity index (χ4v) is 3.34. The molecule has 1 aliphatic heterocycles. The van der Waals surface area contributed by atoms with Crippen LogP contribution in [0, 0.1) is 0 Å². The minimum Gasteiger partial charge on any atom is -0.311 e. The predicted molar refractivity (Wildman–Crippen MR) is 81.8 cm³/mol. The van der Waals surface area contributed by atoms with E-state index in [2.05, 4.69) is 34.4 Å². The number of fused-ring (bicyclic) bond motifs is 1. The highest BCUT2D eigenvalue weighted by molar-refractivity contribution is 5.71. The van der Waals surface area contributed by atoms with E-state index in [1.165, 1.54) is 25.2 Å². The summed E-state index contributed by atoms with van der Waals surface area (Å²) < 4.78 is 2.36. The van der Waals surface area contributed by atoms with Crippen LogP contribution in [-0.2, 0) is 13.0 Å². The van der Waals surface area contributed by atoms with Gasteiger partial charge < -0.3 is 4.57 Å². The Kier molecular flexibility index (Phi) is 4.01. The minimum absolute atomic E-state index is 0.648. The summed E-state index contributed by atoms with van der Waals surface area (Å²) in [5.41, 5.74) is 2.09. The number of hydrogen-bond acceptors (Lipinski definition) is 3. The van der Waals surface area contributed by atoms with E-state index in [9.17, 15) is 0 Å². The molecule has 0 aliphatic carbocycles. The van der Waals surface area contributed by atoms with Crippen LogP contribution in [0.3, 0.4) is 0 Å². The van der Waals surface area contributed by atoms with E-state index in [1.54, 1.807) is 0 Å². The number of pyridine rings is 1. The average Bonchev–Trinajstić information content (AvgIpc) is 3.05. The molecular formula is C16H24N4. The maximum absolute atomic E-state index is 4.78. The third-order valence-electron chi connectivity index (χ3n) is 4.36. The molecule has 4 heteroatoms. The van der Waals surface area contributed by atoms with Crippen molar-refractivity contribution in [3.63, 3.8) is 0 Å². The Morgan fingerprint density at radius 3 is 3.05 bits per heavy atom. The lowest BCUT2D eigenvalue weighted by molar-refractivity contribution is 0.244. The summed E-state index contributed by atoms with van der Waals surface area (Å²) >= 11 is 0. The molecule has 0 radical (unpaired) electrons. The van der Waals surface area contributed by atoms with Crippen molar-refractivity contribution < 1.29 is 0 Å². The van der Waals surface area contributed by atoms with Gasteiger partial charge in [-0.2, -0.15) is 0 Å². The van der Waals surface area contributed by atoms with Crippen molar-refractivity contribution in [2.24, 2.45) is 0 Å². The lowest BCUT2D eigenvalue weighted by atomic mass is 10.2. The Morgan fingerprint density at radius 1 is 1.35 bits per heavy atom. The van der Waals surface area contributed by atoms with E-state index in [0.29, 0.717) is 6.04 Å². The van der Waals surface area contributed by atoms with Crippen molar-refractivity contribution in [1.82, 2.24) is 19.4 Å². The fourth-order valence-electron chi connectivity index (χ4n) is 3.34. The van der Waals surface area contributed by atoms with Crippen LogP contribution in [0.4, 0.5) is 0 Å². The van der Waals surface area contributed by atoms with E-state index in [-0.39, 0.29) is 0 Å². The van der Waals surface area contributed by atoms with Gasteiger partial charge in [0.25, 0.3) is 0 Å². The van der Waals surface area contributed by atoms with Crippen LogP contribution in [0.5, 0.6) is 0 Å². The van der Waals surface area contributed by atoms with Crippen LogP contribution in [0.1, 0.15) is 38.9 Å². The zero-order valence-corrected chi connectivity index (χ0v) is 12.5. The van der Waals surface area contributed by atoms with E-state index in [4.69, 9.17) is 4.98 Å². The number of aromatic nitrogens is 3. The second-order valence-electron chi connectivity index (χ2n) is 5.66. The summed E-state index contributed by atoms with van der Waals surface area (Å²) in [6.07, 6.45) is 6.66. The van der Waals surface area contributed by atoms with Gasteiger partial charge in [-0.25, -0.2) is 9.97 Å². The van der Waals surface area contributed by atoms with Gasteiger partial charge in [0.05, 0.1) is 0 Å². The van der Waals surface area contributed by atoms with Gasteiger partial charge in [0.2, 0.25) is 0 Å². The van der Waals surface area contributed by atoms with Crippen molar-refractivity contribution in [3.8, 4) is 0 Å². The highest BCUT2D eigenvalue weighted by Gasteiger charge is 2.25. The number of nitrogens with zero attached hydrogens (tertiary/aromatic N) is 4. The van der Waals surface area contributed by atoms with E-state index >= 15 is 0 Å². The number of hydrogen-bond donors (Lipinski definition) is 0. The Hall–Kier alpha value is -1.42. The van der Waals surface area contributed by atoms with Gasteiger partial charge in [0.1, 0.15) is 11.3 Å². The number of aryl methyl sites for hydroxylation is 1. The van der Waals surface area contributed by atoms with Crippen LogP contribution in [0.2, 0.25) is 0 Å². The van der Waals surface area contributed by atoms with Crippen LogP contribution in [0.25, 0.3) is 11.2 Å². The first kappa shape index (κ1) is 13.6. The van der Waals surface area contributed by atoms with Gasteiger partial charge in [0, 0.05) is 25.2 Å². The van der Waals surface area contributed by atoms with Gasteiger partial charge in [-0.05, 0) is 44.5 Å². The second-order valence-corrected chi connectivity index (χ2v) is 5.66. The zero-order valence-electron chi connectivity index (χ0n) is 12.5. The summed E-state index contributed by atoms with van der Waals surface area (Å²) in [6, 6.07) is 4.70. The van der Waals surface area contributed by atoms with Gasteiger partial charge in [-0.15, -0.1) is 0 Å². The normalized spacial score (nSPS) is 20.0. The quantitative estimate of drug-likeness (QED) is 0.839. The summed E-state index contributed by atoms with van der Waals surface area (Å²) in [5.74, 6) is 1.20. The molecular weight excluding hydrogens is 248 g/mol. The highest BCUT2D eigenvalue weighted by Crippen LogP contribution is 2.22. The van der Waals surface area contributed by atoms with Gasteiger partial charge in [-0.1, -0.05) is 13.8 Å². The molecule has 1 atom stereocenters. The molecule has 0 amide bonds. The van der Waals surface area contributed by atoms with Crippen LogP contribution in [-0.4, -0.2) is 38.6 Å². The summed E-state index contributed by atoms with van der Waals surface area (Å²) in [4.78, 5) is 11.9. The first-order valence-electron chi connectivity index (χ1n) is 7.87. The Bertz CT molecular complexity index is 575. The second kappa shape index (κ2) is 5.92. The molecule has 3 rings (SSSR count). The van der Waals surface area contributed by atoms with Gasteiger partial charge in [0.15, 0.2) is 5.65 Å². The average molecular weight is 272 g/mol. The fraction of sp³-hybridized carbons (Fsp3) is 0.625. The number of imidazole rings is 1. The first-order valence-corrected chi connectivity index (χ1v) is 7.87. The summed E-state index contributed by atoms with van der Waals surface area (Å²) in [6.45, 7) is 7.90. The monoisotopic (exact) mass is 272 g/mol. The SMILES string of the molecule is CCCc1nc2cccnc2n1CC1CCCN1CC. The molecule has 1 aliphatic rings. The minimum atomic E-state index is 0.648. The smallest absolute Gasteiger partial charge is 0.160 e. The van der Waals surface area contributed by atoms with Crippen molar-refractivity contribution in [3.05, 3.63) is 24.2 Å². The molecule has 2 aromatic rings. The van der Waals surface area contributed by atoms with Crippen LogP contribution >= 0.6 is 0 Å². The predicted octanol–water partition coefficient (Wildman–Crippen LogP) is 2.87. The molecule has 0 N–H and O–H groups in total. The van der Waals surface area contributed by atoms with Crippen molar-refractivity contribution in [2.75, 3.05) is 13.1 Å². The van der Waals surface area contributed by atoms with Crippen molar-refractivity contribution in [1.29, 1.82) is 0 Å².